The van der Waals surface area contributed by atoms with E-state index in [0.717, 1.165) is 57.8 Å². The van der Waals surface area contributed by atoms with Crippen LogP contribution in [0.3, 0.4) is 0 Å². The summed E-state index contributed by atoms with van der Waals surface area (Å²) in [4.78, 5) is 37.5. The van der Waals surface area contributed by atoms with Crippen LogP contribution in [-0.2, 0) is 32.7 Å². The van der Waals surface area contributed by atoms with Crippen molar-refractivity contribution in [2.24, 2.45) is 0 Å². The Morgan fingerprint density at radius 1 is 0.561 bits per heavy atom. The van der Waals surface area contributed by atoms with Gasteiger partial charge >= 0.3 is 11.9 Å². The number of carbonyl (C=O) groups is 2. The zero-order chi connectivity index (χ0) is 42.1. The number of allylic oxidation sites excluding steroid dienone is 8. The van der Waals surface area contributed by atoms with Crippen LogP contribution < -0.4 is 4.89 Å². The predicted octanol–water partition coefficient (Wildman–Crippen LogP) is 12.4. The second-order valence-corrected chi connectivity index (χ2v) is 17.8. The summed E-state index contributed by atoms with van der Waals surface area (Å²) in [5.74, 6) is -0.880. The first kappa shape index (κ1) is 55.0. The van der Waals surface area contributed by atoms with Crippen LogP contribution in [0.4, 0.5) is 0 Å². The molecule has 0 rings (SSSR count). The Labute approximate surface area is 350 Å². The van der Waals surface area contributed by atoms with E-state index in [9.17, 15) is 19.0 Å². The summed E-state index contributed by atoms with van der Waals surface area (Å²) in [6.07, 6.45) is 45.7. The van der Waals surface area contributed by atoms with Gasteiger partial charge in [0, 0.05) is 12.8 Å². The van der Waals surface area contributed by atoms with E-state index in [1.165, 1.54) is 96.3 Å². The lowest BCUT2D eigenvalue weighted by Gasteiger charge is -2.28. The molecule has 57 heavy (non-hydrogen) atoms. The first-order valence-corrected chi connectivity index (χ1v) is 24.3. The van der Waals surface area contributed by atoms with E-state index in [0.29, 0.717) is 17.4 Å². The molecule has 0 aliphatic carbocycles. The molecule has 0 N–H and O–H groups in total. The first-order chi connectivity index (χ1) is 27.5. The normalized spacial score (nSPS) is 14.0. The summed E-state index contributed by atoms with van der Waals surface area (Å²) in [5, 5.41) is 0. The molecule has 1 unspecified atom stereocenters. The molecule has 0 saturated carbocycles. The smallest absolute Gasteiger partial charge is 0.306 e. The lowest BCUT2D eigenvalue weighted by atomic mass is 10.0. The molecular formula is C47H86NO8P. The molecule has 0 aromatic carbocycles. The van der Waals surface area contributed by atoms with Crippen LogP contribution in [0, 0.1) is 0 Å². The van der Waals surface area contributed by atoms with Crippen LogP contribution in [0.25, 0.3) is 0 Å². The van der Waals surface area contributed by atoms with Gasteiger partial charge in [0.1, 0.15) is 19.8 Å². The van der Waals surface area contributed by atoms with Gasteiger partial charge in [-0.05, 0) is 51.4 Å². The van der Waals surface area contributed by atoms with Gasteiger partial charge in [-0.1, -0.05) is 172 Å². The fraction of sp³-hybridized carbons (Fsp3) is 0.787. The van der Waals surface area contributed by atoms with Crippen molar-refractivity contribution in [3.63, 3.8) is 0 Å². The Balaban J connectivity index is 4.36. The van der Waals surface area contributed by atoms with E-state index < -0.39 is 32.5 Å². The van der Waals surface area contributed by atoms with E-state index >= 15 is 0 Å². The van der Waals surface area contributed by atoms with Crippen molar-refractivity contribution in [1.82, 2.24) is 0 Å². The second kappa shape index (κ2) is 39.4. The largest absolute Gasteiger partial charge is 0.756 e. The minimum Gasteiger partial charge on any atom is -0.756 e. The maximum Gasteiger partial charge on any atom is 0.306 e. The van der Waals surface area contributed by atoms with Crippen LogP contribution >= 0.6 is 7.82 Å². The number of likely N-dealkylation sites (N-methyl/N-ethyl adjacent to an activating group) is 1. The molecule has 0 aliphatic rings. The highest BCUT2D eigenvalue weighted by Crippen LogP contribution is 2.38. The summed E-state index contributed by atoms with van der Waals surface area (Å²) in [5.41, 5.74) is 0. The number of phosphoric ester groups is 1. The van der Waals surface area contributed by atoms with E-state index in [1.807, 2.05) is 21.1 Å². The van der Waals surface area contributed by atoms with Crippen molar-refractivity contribution in [2.45, 2.75) is 193 Å². The molecule has 0 spiro atoms. The first-order valence-electron chi connectivity index (χ1n) is 22.8. The van der Waals surface area contributed by atoms with Crippen molar-refractivity contribution in [2.75, 3.05) is 47.5 Å². The molecule has 0 saturated heterocycles. The molecule has 0 amide bonds. The van der Waals surface area contributed by atoms with E-state index in [1.54, 1.807) is 0 Å². The molecule has 332 valence electrons. The molecule has 0 fully saturated rings. The molecule has 0 aromatic rings. The van der Waals surface area contributed by atoms with Gasteiger partial charge in [0.15, 0.2) is 6.10 Å². The summed E-state index contributed by atoms with van der Waals surface area (Å²) >= 11 is 0. The number of carbonyl (C=O) groups excluding carboxylic acids is 2. The van der Waals surface area contributed by atoms with Crippen molar-refractivity contribution < 1.29 is 42.1 Å². The number of unbranched alkanes of at least 4 members (excludes halogenated alkanes) is 19. The minimum atomic E-state index is -4.64. The molecule has 2 atom stereocenters. The van der Waals surface area contributed by atoms with Crippen molar-refractivity contribution in [3.8, 4) is 0 Å². The highest BCUT2D eigenvalue weighted by atomic mass is 31.2. The highest BCUT2D eigenvalue weighted by Gasteiger charge is 2.21. The number of nitrogens with zero attached hydrogens (tertiary/aromatic N) is 1. The van der Waals surface area contributed by atoms with Gasteiger partial charge in [-0.3, -0.25) is 14.2 Å². The summed E-state index contributed by atoms with van der Waals surface area (Å²) in [6, 6.07) is 0. The minimum absolute atomic E-state index is 0.0393. The average molecular weight is 824 g/mol. The third-order valence-electron chi connectivity index (χ3n) is 9.61. The summed E-state index contributed by atoms with van der Waals surface area (Å²) in [7, 11) is 1.14. The fourth-order valence-electron chi connectivity index (χ4n) is 6.06. The van der Waals surface area contributed by atoms with Gasteiger partial charge in [0.2, 0.25) is 0 Å². The number of hydrogen-bond acceptors (Lipinski definition) is 8. The number of rotatable bonds is 41. The number of quaternary nitrogens is 1. The molecular weight excluding hydrogens is 737 g/mol. The predicted molar refractivity (Wildman–Crippen MR) is 236 cm³/mol. The van der Waals surface area contributed by atoms with Crippen molar-refractivity contribution in [1.29, 1.82) is 0 Å². The zero-order valence-electron chi connectivity index (χ0n) is 37.3. The maximum atomic E-state index is 12.7. The Morgan fingerprint density at radius 3 is 1.49 bits per heavy atom. The molecule has 0 bridgehead atoms. The maximum absolute atomic E-state index is 12.7. The lowest BCUT2D eigenvalue weighted by Crippen LogP contribution is -2.37. The van der Waals surface area contributed by atoms with E-state index in [-0.39, 0.29) is 26.1 Å². The molecule has 9 nitrogen and oxygen atoms in total. The van der Waals surface area contributed by atoms with Crippen LogP contribution in [0.15, 0.2) is 48.6 Å². The van der Waals surface area contributed by atoms with Crippen LogP contribution in [0.2, 0.25) is 0 Å². The number of ether oxygens (including phenoxy) is 2. The number of esters is 2. The lowest BCUT2D eigenvalue weighted by molar-refractivity contribution is -0.870. The monoisotopic (exact) mass is 824 g/mol. The Hall–Kier alpha value is -2.03. The average Bonchev–Trinajstić information content (AvgIpc) is 3.16. The molecule has 0 aliphatic heterocycles. The third-order valence-corrected chi connectivity index (χ3v) is 10.6. The molecule has 0 heterocycles. The summed E-state index contributed by atoms with van der Waals surface area (Å²) < 4.78 is 33.9. The van der Waals surface area contributed by atoms with Gasteiger partial charge in [-0.25, -0.2) is 0 Å². The Kier molecular flexibility index (Phi) is 38.0. The number of hydrogen-bond donors (Lipinski definition) is 0. The molecule has 0 aromatic heterocycles. The molecule has 0 radical (unpaired) electrons. The third kappa shape index (κ3) is 43.4. The Morgan fingerprint density at radius 2 is 1.00 bits per heavy atom. The van der Waals surface area contributed by atoms with Gasteiger partial charge in [-0.2, -0.15) is 0 Å². The van der Waals surface area contributed by atoms with Gasteiger partial charge in [0.05, 0.1) is 27.7 Å². The summed E-state index contributed by atoms with van der Waals surface area (Å²) in [6.45, 7) is 4.07. The van der Waals surface area contributed by atoms with Crippen molar-refractivity contribution in [3.05, 3.63) is 48.6 Å². The van der Waals surface area contributed by atoms with Gasteiger partial charge < -0.3 is 27.9 Å². The van der Waals surface area contributed by atoms with Gasteiger partial charge in [0.25, 0.3) is 7.82 Å². The topological polar surface area (TPSA) is 111 Å². The van der Waals surface area contributed by atoms with Crippen LogP contribution in [0.1, 0.15) is 187 Å². The fourth-order valence-corrected chi connectivity index (χ4v) is 6.79. The Bertz CT molecular complexity index is 1110. The second-order valence-electron chi connectivity index (χ2n) is 16.4. The van der Waals surface area contributed by atoms with Gasteiger partial charge in [-0.15, -0.1) is 0 Å². The quantitative estimate of drug-likeness (QED) is 0.0197. The van der Waals surface area contributed by atoms with E-state index in [2.05, 4.69) is 62.5 Å². The van der Waals surface area contributed by atoms with Crippen LogP contribution in [0.5, 0.6) is 0 Å². The standard InChI is InChI=1S/C47H86NO8P/c1-6-8-10-12-14-16-18-20-22-23-24-26-27-29-31-33-35-37-39-46(49)53-43-45(44-55-57(51,52)54-42-41-48(3,4)5)56-47(50)40-38-36-34-32-30-28-25-21-19-17-15-13-11-9-7-2/h9,11,15,17,21,25,30,32,45H,6-8,10,12-14,16,18-20,22-24,26-29,31,33-44H2,1-5H3/b11-9+,17-15+,25-21+,32-30+/t45-/m1/s1. The number of phosphoric acid groups is 1. The molecule has 10 heteroatoms. The van der Waals surface area contributed by atoms with E-state index in [4.69, 9.17) is 18.5 Å². The SMILES string of the molecule is CC/C=C/C/C=C/C/C=C/C/C=C/CCCCC(=O)O[C@H](COC(=O)CCCCCCCCCCCCCCCCCCCC)COP(=O)([O-])OCC[N+](C)(C)C. The van der Waals surface area contributed by atoms with Crippen molar-refractivity contribution >= 4 is 19.8 Å². The highest BCUT2D eigenvalue weighted by molar-refractivity contribution is 7.45. The van der Waals surface area contributed by atoms with Crippen LogP contribution in [-0.4, -0.2) is 70.0 Å². The zero-order valence-corrected chi connectivity index (χ0v) is 38.2.